The van der Waals surface area contributed by atoms with E-state index in [4.69, 9.17) is 9.47 Å². The minimum Gasteiger partial charge on any atom is -0.389 e. The molecule has 1 fully saturated rings. The third kappa shape index (κ3) is 6.26. The Balaban J connectivity index is 1.75. The summed E-state index contributed by atoms with van der Waals surface area (Å²) in [5.74, 6) is -0.811. The topological polar surface area (TPSA) is 71.0 Å². The molecule has 0 saturated carbocycles. The number of aliphatic hydroxyl groups excluding tert-OH is 1. The molecule has 1 aliphatic heterocycles. The van der Waals surface area contributed by atoms with Crippen molar-refractivity contribution in [2.45, 2.75) is 25.9 Å². The first-order valence-corrected chi connectivity index (χ1v) is 8.78. The first-order chi connectivity index (χ1) is 12.1. The normalized spacial score (nSPS) is 15.4. The molecule has 1 saturated heterocycles. The van der Waals surface area contributed by atoms with Crippen molar-refractivity contribution in [3.8, 4) is 0 Å². The Morgan fingerprint density at radius 3 is 2.72 bits per heavy atom. The number of carbonyl (C=O) groups excluding carboxylic acids is 1. The molecule has 0 aromatic heterocycles. The van der Waals surface area contributed by atoms with E-state index in [-0.39, 0.29) is 18.7 Å². The number of ether oxygens (including phenoxy) is 2. The molecule has 0 radical (unpaired) electrons. The summed E-state index contributed by atoms with van der Waals surface area (Å²) in [5, 5.41) is 12.4. The number of anilines is 1. The van der Waals surface area contributed by atoms with E-state index in [0.29, 0.717) is 25.5 Å². The highest BCUT2D eigenvalue weighted by atomic mass is 19.1. The standard InChI is InChI=1S/C18H27FN2O4/c1-2-24-9-10-25-13-15(22)12-20-18(23)14-5-6-17(16(19)11-14)21-7-3-4-8-21/h5-6,11,15,22H,2-4,7-10,12-13H2,1H3,(H,20,23)/t15-/m0/s1. The van der Waals surface area contributed by atoms with Crippen molar-refractivity contribution in [2.24, 2.45) is 0 Å². The summed E-state index contributed by atoms with van der Waals surface area (Å²) >= 11 is 0. The number of rotatable bonds is 10. The van der Waals surface area contributed by atoms with Gasteiger partial charge in [0.25, 0.3) is 5.91 Å². The van der Waals surface area contributed by atoms with Gasteiger partial charge in [0, 0.05) is 31.8 Å². The van der Waals surface area contributed by atoms with Crippen molar-refractivity contribution in [1.29, 1.82) is 0 Å². The second-order valence-corrected chi connectivity index (χ2v) is 6.00. The van der Waals surface area contributed by atoms with Gasteiger partial charge in [-0.05, 0) is 38.0 Å². The number of benzene rings is 1. The SMILES string of the molecule is CCOCCOC[C@@H](O)CNC(=O)c1ccc(N2CCCC2)c(F)c1. The fraction of sp³-hybridized carbons (Fsp3) is 0.611. The predicted molar refractivity (Wildman–Crippen MR) is 93.5 cm³/mol. The molecular formula is C18H27FN2O4. The number of nitrogens with zero attached hydrogens (tertiary/aromatic N) is 1. The molecule has 0 unspecified atom stereocenters. The average molecular weight is 354 g/mol. The lowest BCUT2D eigenvalue weighted by molar-refractivity contribution is 0.00663. The van der Waals surface area contributed by atoms with Crippen LogP contribution in [-0.2, 0) is 9.47 Å². The number of halogens is 1. The Labute approximate surface area is 147 Å². The lowest BCUT2D eigenvalue weighted by atomic mass is 10.1. The van der Waals surface area contributed by atoms with Gasteiger partial charge >= 0.3 is 0 Å². The zero-order chi connectivity index (χ0) is 18.1. The Kier molecular flexibility index (Phi) is 8.11. The van der Waals surface area contributed by atoms with E-state index >= 15 is 0 Å². The van der Waals surface area contributed by atoms with Crippen LogP contribution in [0.25, 0.3) is 0 Å². The molecule has 1 aromatic carbocycles. The van der Waals surface area contributed by atoms with Crippen LogP contribution >= 0.6 is 0 Å². The third-order valence-corrected chi connectivity index (χ3v) is 4.04. The Morgan fingerprint density at radius 2 is 2.04 bits per heavy atom. The van der Waals surface area contributed by atoms with Crippen molar-refractivity contribution in [3.05, 3.63) is 29.6 Å². The summed E-state index contributed by atoms with van der Waals surface area (Å²) in [5.41, 5.74) is 0.779. The molecular weight excluding hydrogens is 327 g/mol. The number of aliphatic hydroxyl groups is 1. The van der Waals surface area contributed by atoms with Crippen LogP contribution in [0.15, 0.2) is 18.2 Å². The number of hydrogen-bond donors (Lipinski definition) is 2. The molecule has 0 bridgehead atoms. The summed E-state index contributed by atoms with van der Waals surface area (Å²) < 4.78 is 24.6. The Morgan fingerprint density at radius 1 is 1.32 bits per heavy atom. The molecule has 2 N–H and O–H groups in total. The van der Waals surface area contributed by atoms with Crippen LogP contribution < -0.4 is 10.2 Å². The van der Waals surface area contributed by atoms with E-state index in [0.717, 1.165) is 25.9 Å². The second-order valence-electron chi connectivity index (χ2n) is 6.00. The monoisotopic (exact) mass is 354 g/mol. The van der Waals surface area contributed by atoms with Crippen LogP contribution in [0.3, 0.4) is 0 Å². The van der Waals surface area contributed by atoms with Gasteiger partial charge in [-0.3, -0.25) is 4.79 Å². The highest BCUT2D eigenvalue weighted by Crippen LogP contribution is 2.24. The minimum atomic E-state index is -0.820. The molecule has 1 aromatic rings. The summed E-state index contributed by atoms with van der Waals surface area (Å²) in [4.78, 5) is 14.1. The zero-order valence-electron chi connectivity index (χ0n) is 14.7. The fourth-order valence-corrected chi connectivity index (χ4v) is 2.72. The maximum absolute atomic E-state index is 14.2. The van der Waals surface area contributed by atoms with Crippen molar-refractivity contribution in [3.63, 3.8) is 0 Å². The van der Waals surface area contributed by atoms with E-state index in [2.05, 4.69) is 5.32 Å². The smallest absolute Gasteiger partial charge is 0.251 e. The van der Waals surface area contributed by atoms with Crippen molar-refractivity contribution < 1.29 is 23.8 Å². The molecule has 1 aliphatic rings. The summed E-state index contributed by atoms with van der Waals surface area (Å²) in [6, 6.07) is 4.49. The van der Waals surface area contributed by atoms with Gasteiger partial charge in [0.2, 0.25) is 0 Å². The third-order valence-electron chi connectivity index (χ3n) is 4.04. The molecule has 1 amide bonds. The summed E-state index contributed by atoms with van der Waals surface area (Å²) in [6.07, 6.45) is 1.30. The molecule has 140 valence electrons. The lowest BCUT2D eigenvalue weighted by Crippen LogP contribution is -2.35. The fourth-order valence-electron chi connectivity index (χ4n) is 2.72. The van der Waals surface area contributed by atoms with Gasteiger partial charge in [-0.25, -0.2) is 4.39 Å². The van der Waals surface area contributed by atoms with Gasteiger partial charge in [0.15, 0.2) is 0 Å². The van der Waals surface area contributed by atoms with Gasteiger partial charge in [0.1, 0.15) is 5.82 Å². The number of hydrogen-bond acceptors (Lipinski definition) is 5. The van der Waals surface area contributed by atoms with Crippen molar-refractivity contribution in [1.82, 2.24) is 5.32 Å². The Hall–Kier alpha value is -1.70. The van der Waals surface area contributed by atoms with Gasteiger partial charge in [-0.15, -0.1) is 0 Å². The molecule has 1 atom stereocenters. The summed E-state index contributed by atoms with van der Waals surface area (Å²) in [7, 11) is 0. The van der Waals surface area contributed by atoms with Crippen LogP contribution in [0.1, 0.15) is 30.1 Å². The van der Waals surface area contributed by atoms with Crippen molar-refractivity contribution >= 4 is 11.6 Å². The molecule has 7 heteroatoms. The van der Waals surface area contributed by atoms with Crippen LogP contribution in [0.2, 0.25) is 0 Å². The van der Waals surface area contributed by atoms with Crippen LogP contribution in [0.5, 0.6) is 0 Å². The maximum Gasteiger partial charge on any atom is 0.251 e. The first kappa shape index (κ1) is 19.6. The van der Waals surface area contributed by atoms with E-state index < -0.39 is 17.8 Å². The van der Waals surface area contributed by atoms with E-state index in [9.17, 15) is 14.3 Å². The van der Waals surface area contributed by atoms with Crippen LogP contribution in [-0.4, -0.2) is 63.2 Å². The highest BCUT2D eigenvalue weighted by Gasteiger charge is 2.18. The molecule has 0 spiro atoms. The van der Waals surface area contributed by atoms with Gasteiger partial charge in [-0.1, -0.05) is 0 Å². The zero-order valence-corrected chi connectivity index (χ0v) is 14.7. The van der Waals surface area contributed by atoms with E-state index in [1.807, 2.05) is 11.8 Å². The summed E-state index contributed by atoms with van der Waals surface area (Å²) in [6.45, 7) is 5.22. The Bertz CT molecular complexity index is 550. The second kappa shape index (κ2) is 10.3. The van der Waals surface area contributed by atoms with Crippen LogP contribution in [0, 0.1) is 5.82 Å². The molecule has 6 nitrogen and oxygen atoms in total. The number of amides is 1. The lowest BCUT2D eigenvalue weighted by Gasteiger charge is -2.18. The predicted octanol–water partition coefficient (Wildman–Crippen LogP) is 1.57. The number of carbonyl (C=O) groups is 1. The van der Waals surface area contributed by atoms with Gasteiger partial charge < -0.3 is 24.8 Å². The number of nitrogens with one attached hydrogen (secondary N) is 1. The minimum absolute atomic E-state index is 0.0446. The van der Waals surface area contributed by atoms with E-state index in [1.165, 1.54) is 6.07 Å². The average Bonchev–Trinajstić information content (AvgIpc) is 3.13. The quantitative estimate of drug-likeness (QED) is 0.624. The largest absolute Gasteiger partial charge is 0.389 e. The molecule has 0 aliphatic carbocycles. The first-order valence-electron chi connectivity index (χ1n) is 8.78. The van der Waals surface area contributed by atoms with Crippen molar-refractivity contribution in [2.75, 3.05) is 51.0 Å². The van der Waals surface area contributed by atoms with Crippen LogP contribution in [0.4, 0.5) is 10.1 Å². The van der Waals surface area contributed by atoms with Gasteiger partial charge in [0.05, 0.1) is 31.6 Å². The molecule has 1 heterocycles. The highest BCUT2D eigenvalue weighted by molar-refractivity contribution is 5.94. The van der Waals surface area contributed by atoms with E-state index in [1.54, 1.807) is 12.1 Å². The van der Waals surface area contributed by atoms with Gasteiger partial charge in [-0.2, -0.15) is 0 Å². The molecule has 2 rings (SSSR count). The molecule has 25 heavy (non-hydrogen) atoms. The maximum atomic E-state index is 14.2.